The molecule has 1 aromatic carbocycles. The number of amides is 3. The number of aromatic nitrogens is 4. The van der Waals surface area contributed by atoms with Gasteiger partial charge >= 0.3 is 0 Å². The molecule has 12 heteroatoms. The normalized spacial score (nSPS) is 20.5. The molecule has 1 aliphatic carbocycles. The van der Waals surface area contributed by atoms with E-state index in [9.17, 15) is 14.4 Å². The molecule has 2 fully saturated rings. The summed E-state index contributed by atoms with van der Waals surface area (Å²) in [6, 6.07) is 9.65. The summed E-state index contributed by atoms with van der Waals surface area (Å²) < 4.78 is 2.35. The van der Waals surface area contributed by atoms with Crippen molar-refractivity contribution in [1.29, 1.82) is 0 Å². The van der Waals surface area contributed by atoms with Crippen LogP contribution < -0.4 is 16.8 Å². The number of nitrogens with one attached hydrogen (secondary N) is 1. The summed E-state index contributed by atoms with van der Waals surface area (Å²) in [6.07, 6.45) is 2.83. The van der Waals surface area contributed by atoms with Gasteiger partial charge in [-0.2, -0.15) is 0 Å². The molecule has 4 heterocycles. The van der Waals surface area contributed by atoms with Crippen LogP contribution in [0.5, 0.6) is 0 Å². The number of pyridine rings is 1. The molecule has 3 amide bonds. The second-order valence-electron chi connectivity index (χ2n) is 9.09. The van der Waals surface area contributed by atoms with Gasteiger partial charge in [0, 0.05) is 17.0 Å². The van der Waals surface area contributed by atoms with Crippen molar-refractivity contribution in [2.24, 2.45) is 11.7 Å². The van der Waals surface area contributed by atoms with Crippen LogP contribution >= 0.6 is 15.9 Å². The van der Waals surface area contributed by atoms with Crippen molar-refractivity contribution in [3.8, 4) is 0 Å². The zero-order valence-corrected chi connectivity index (χ0v) is 20.5. The van der Waals surface area contributed by atoms with Crippen molar-refractivity contribution in [2.45, 2.75) is 31.5 Å². The first-order valence-corrected chi connectivity index (χ1v) is 12.2. The van der Waals surface area contributed by atoms with Crippen molar-refractivity contribution >= 4 is 67.2 Å². The molecule has 1 saturated heterocycles. The number of piperidine rings is 1. The molecule has 4 aromatic rings. The van der Waals surface area contributed by atoms with Gasteiger partial charge < -0.3 is 26.3 Å². The van der Waals surface area contributed by atoms with Gasteiger partial charge in [-0.3, -0.25) is 14.4 Å². The maximum absolute atomic E-state index is 13.7. The Morgan fingerprint density at radius 2 is 1.97 bits per heavy atom. The average Bonchev–Trinajstić information content (AvgIpc) is 3.39. The number of primary amides is 1. The second kappa shape index (κ2) is 8.26. The molecule has 0 bridgehead atoms. The molecule has 36 heavy (non-hydrogen) atoms. The Bertz CT molecular complexity index is 1580. The molecule has 6 rings (SSSR count). The van der Waals surface area contributed by atoms with Gasteiger partial charge in [0.25, 0.3) is 0 Å². The number of anilines is 2. The van der Waals surface area contributed by atoms with Gasteiger partial charge in [0.1, 0.15) is 40.8 Å². The lowest BCUT2D eigenvalue weighted by molar-refractivity contribution is -0.138. The molecule has 11 nitrogen and oxygen atoms in total. The first-order chi connectivity index (χ1) is 17.3. The molecular formula is C24H21BrN8O3. The summed E-state index contributed by atoms with van der Waals surface area (Å²) >= 11 is 3.30. The predicted octanol–water partition coefficient (Wildman–Crippen LogP) is 2.05. The summed E-state index contributed by atoms with van der Waals surface area (Å²) in [7, 11) is 0. The van der Waals surface area contributed by atoms with Crippen LogP contribution in [-0.4, -0.2) is 54.2 Å². The number of likely N-dealkylation sites (tertiary alicyclic amines) is 1. The molecule has 182 valence electrons. The fourth-order valence-electron chi connectivity index (χ4n) is 5.21. The van der Waals surface area contributed by atoms with E-state index in [0.717, 1.165) is 6.42 Å². The fourth-order valence-corrected chi connectivity index (χ4v) is 5.55. The van der Waals surface area contributed by atoms with E-state index in [1.54, 1.807) is 45.9 Å². The highest BCUT2D eigenvalue weighted by Gasteiger charge is 2.56. The number of fused-ring (bicyclic) bond motifs is 4. The van der Waals surface area contributed by atoms with Crippen molar-refractivity contribution in [1.82, 2.24) is 24.4 Å². The minimum atomic E-state index is -0.587. The van der Waals surface area contributed by atoms with Gasteiger partial charge in [-0.05, 0) is 65.0 Å². The number of hydrogen-bond acceptors (Lipinski definition) is 7. The van der Waals surface area contributed by atoms with E-state index < -0.39 is 11.9 Å². The quantitative estimate of drug-likeness (QED) is 0.321. The van der Waals surface area contributed by atoms with Crippen LogP contribution in [0.25, 0.3) is 21.9 Å². The minimum absolute atomic E-state index is 0.0398. The SMILES string of the molecule is NC(=O)c1ccc2c(c1)c1c(N)ncnc1n2CC(=O)N1[C@@H]2C[C@@H]2C[C@H]1C(=O)Nc1cccc(Br)n1. The number of nitrogen functional groups attached to an aromatic ring is 1. The number of carbonyl (C=O) groups is 3. The number of nitrogens with zero attached hydrogens (tertiary/aromatic N) is 5. The Kier molecular flexibility index (Phi) is 5.14. The molecule has 3 atom stereocenters. The van der Waals surface area contributed by atoms with E-state index in [1.807, 2.05) is 0 Å². The lowest BCUT2D eigenvalue weighted by atomic mass is 10.1. The standard InChI is InChI=1S/C24H21BrN8O3/c25-17-2-1-3-18(30-17)31-24(36)16-8-12-7-15(12)33(16)19(34)9-32-14-5-4-11(22(27)35)6-13(14)20-21(26)28-10-29-23(20)32/h1-6,10,12,15-16H,7-9H2,(H2,27,35)(H2,26,28,29)(H,30,31,36)/t12-,15-,16+/m1/s1. The van der Waals surface area contributed by atoms with E-state index in [-0.39, 0.29) is 30.2 Å². The Labute approximate surface area is 213 Å². The smallest absolute Gasteiger partial charge is 0.248 e. The number of rotatable bonds is 5. The van der Waals surface area contributed by atoms with Crippen molar-refractivity contribution < 1.29 is 14.4 Å². The van der Waals surface area contributed by atoms with Gasteiger partial charge in [0.05, 0.1) is 10.9 Å². The second-order valence-corrected chi connectivity index (χ2v) is 9.90. The summed E-state index contributed by atoms with van der Waals surface area (Å²) in [5.74, 6) is -0.0649. The van der Waals surface area contributed by atoms with E-state index in [2.05, 4.69) is 36.2 Å². The Morgan fingerprint density at radius 3 is 2.75 bits per heavy atom. The number of nitrogens with two attached hydrogens (primary N) is 2. The van der Waals surface area contributed by atoms with Crippen LogP contribution in [0.15, 0.2) is 47.3 Å². The topological polar surface area (TPSA) is 162 Å². The predicted molar refractivity (Wildman–Crippen MR) is 136 cm³/mol. The molecule has 3 aromatic heterocycles. The summed E-state index contributed by atoms with van der Waals surface area (Å²) in [4.78, 5) is 53.0. The minimum Gasteiger partial charge on any atom is -0.383 e. The van der Waals surface area contributed by atoms with E-state index in [1.165, 1.54) is 6.33 Å². The highest BCUT2D eigenvalue weighted by atomic mass is 79.9. The van der Waals surface area contributed by atoms with Crippen LogP contribution in [0.1, 0.15) is 23.2 Å². The van der Waals surface area contributed by atoms with E-state index >= 15 is 0 Å². The lowest BCUT2D eigenvalue weighted by Crippen LogP contribution is -2.46. The largest absolute Gasteiger partial charge is 0.383 e. The van der Waals surface area contributed by atoms with Crippen LogP contribution in [-0.2, 0) is 16.1 Å². The summed E-state index contributed by atoms with van der Waals surface area (Å²) in [6.45, 7) is -0.0471. The Hall–Kier alpha value is -4.06. The zero-order chi connectivity index (χ0) is 25.1. The molecule has 5 N–H and O–H groups in total. The number of carbonyl (C=O) groups excluding carboxylic acids is 3. The summed E-state index contributed by atoms with van der Waals surface area (Å²) in [5, 5.41) is 4.01. The maximum Gasteiger partial charge on any atom is 0.248 e. The molecular weight excluding hydrogens is 528 g/mol. The fraction of sp³-hybridized carbons (Fsp3) is 0.250. The average molecular weight is 549 g/mol. The molecule has 1 aliphatic heterocycles. The molecule has 2 aliphatic rings. The van der Waals surface area contributed by atoms with E-state index in [4.69, 9.17) is 11.5 Å². The number of hydrogen-bond donors (Lipinski definition) is 3. The molecule has 1 saturated carbocycles. The summed E-state index contributed by atoms with van der Waals surface area (Å²) in [5.41, 5.74) is 13.1. The highest BCUT2D eigenvalue weighted by Crippen LogP contribution is 2.48. The van der Waals surface area contributed by atoms with Crippen LogP contribution in [0, 0.1) is 5.92 Å². The van der Waals surface area contributed by atoms with Crippen LogP contribution in [0.3, 0.4) is 0 Å². The zero-order valence-electron chi connectivity index (χ0n) is 18.9. The van der Waals surface area contributed by atoms with Gasteiger partial charge in [-0.1, -0.05) is 6.07 Å². The molecule has 0 spiro atoms. The van der Waals surface area contributed by atoms with Gasteiger partial charge in [-0.25, -0.2) is 15.0 Å². The third-order valence-electron chi connectivity index (χ3n) is 6.91. The first kappa shape index (κ1) is 22.4. The van der Waals surface area contributed by atoms with Crippen molar-refractivity contribution in [2.75, 3.05) is 11.1 Å². The van der Waals surface area contributed by atoms with Crippen molar-refractivity contribution in [3.05, 3.63) is 52.9 Å². The number of halogens is 1. The lowest BCUT2D eigenvalue weighted by Gasteiger charge is -2.27. The molecule has 0 unspecified atom stereocenters. The number of benzene rings is 1. The third-order valence-corrected chi connectivity index (χ3v) is 7.35. The van der Waals surface area contributed by atoms with Crippen molar-refractivity contribution in [3.63, 3.8) is 0 Å². The van der Waals surface area contributed by atoms with Gasteiger partial charge in [0.2, 0.25) is 17.7 Å². The van der Waals surface area contributed by atoms with Gasteiger partial charge in [-0.15, -0.1) is 0 Å². The monoisotopic (exact) mass is 548 g/mol. The highest BCUT2D eigenvalue weighted by molar-refractivity contribution is 9.10. The van der Waals surface area contributed by atoms with Crippen LogP contribution in [0.2, 0.25) is 0 Å². The Balaban J connectivity index is 1.34. The van der Waals surface area contributed by atoms with Gasteiger partial charge in [0.15, 0.2) is 0 Å². The third kappa shape index (κ3) is 3.65. The van der Waals surface area contributed by atoms with E-state index in [0.29, 0.717) is 50.3 Å². The first-order valence-electron chi connectivity index (χ1n) is 11.4. The molecule has 0 radical (unpaired) electrons. The Morgan fingerprint density at radius 1 is 1.14 bits per heavy atom. The van der Waals surface area contributed by atoms with Crippen LogP contribution in [0.4, 0.5) is 11.6 Å². The maximum atomic E-state index is 13.7.